The van der Waals surface area contributed by atoms with Crippen LogP contribution in [0.3, 0.4) is 0 Å². The molecule has 5 aliphatic rings. The summed E-state index contributed by atoms with van der Waals surface area (Å²) in [6.45, 7) is 4.16. The normalized spacial score (nSPS) is 47.6. The Morgan fingerprint density at radius 1 is 1.16 bits per heavy atom. The zero-order valence-corrected chi connectivity index (χ0v) is 21.0. The van der Waals surface area contributed by atoms with E-state index in [1.807, 2.05) is 13.8 Å². The van der Waals surface area contributed by atoms with E-state index in [1.54, 1.807) is 0 Å². The third-order valence-corrected chi connectivity index (χ3v) is 10.2. The summed E-state index contributed by atoms with van der Waals surface area (Å²) in [5.74, 6) is -7.85. The molecule has 2 heterocycles. The Hall–Kier alpha value is -2.28. The molecule has 4 unspecified atom stereocenters. The van der Waals surface area contributed by atoms with Gasteiger partial charge in [-0.3, -0.25) is 4.79 Å². The van der Waals surface area contributed by atoms with Crippen molar-refractivity contribution in [2.45, 2.75) is 88.5 Å². The monoisotopic (exact) mass is 526 g/mol. The molecule has 0 bridgehead atoms. The lowest BCUT2D eigenvalue weighted by Gasteiger charge is -2.55. The van der Waals surface area contributed by atoms with Crippen molar-refractivity contribution in [3.63, 3.8) is 0 Å². The lowest BCUT2D eigenvalue weighted by atomic mass is 9.48. The summed E-state index contributed by atoms with van der Waals surface area (Å²) in [5, 5.41) is 56.2. The number of hydrogen-bond acceptors (Lipinski definition) is 10. The van der Waals surface area contributed by atoms with Gasteiger partial charge in [0, 0.05) is 5.41 Å². The molecule has 206 valence electrons. The fourth-order valence-corrected chi connectivity index (χ4v) is 8.98. The van der Waals surface area contributed by atoms with Crippen LogP contribution in [0.15, 0.2) is 0 Å². The molecule has 1 spiro atoms. The second-order valence-electron chi connectivity index (χ2n) is 11.6. The lowest BCUT2D eigenvalue weighted by molar-refractivity contribution is -0.247. The van der Waals surface area contributed by atoms with Crippen molar-refractivity contribution in [2.75, 3.05) is 6.61 Å². The van der Waals surface area contributed by atoms with E-state index in [4.69, 9.17) is 14.2 Å². The number of fused-ring (bicyclic) bond motifs is 2. The van der Waals surface area contributed by atoms with Crippen LogP contribution in [0, 0.1) is 34.5 Å². The molecular weight excluding hydrogens is 492 g/mol. The van der Waals surface area contributed by atoms with Crippen LogP contribution < -0.4 is 0 Å². The topological polar surface area (TPSA) is 197 Å². The van der Waals surface area contributed by atoms with Gasteiger partial charge >= 0.3 is 23.9 Å². The Balaban J connectivity index is 1.83. The zero-order valence-electron chi connectivity index (χ0n) is 21.0. The molecule has 12 heteroatoms. The maximum Gasteiger partial charge on any atom is 0.342 e. The fraction of sp³-hybridized carbons (Fsp3) is 0.840. The van der Waals surface area contributed by atoms with Crippen LogP contribution in [-0.4, -0.2) is 91.6 Å². The third kappa shape index (κ3) is 2.72. The minimum absolute atomic E-state index is 0.0636. The summed E-state index contributed by atoms with van der Waals surface area (Å²) in [4.78, 5) is 50.4. The van der Waals surface area contributed by atoms with E-state index >= 15 is 0 Å². The van der Waals surface area contributed by atoms with E-state index in [0.29, 0.717) is 19.3 Å². The number of aliphatic carboxylic acids is 2. The SMILES string of the molecule is CCCC(C)[C@@H]1CC2OC(=O)[C@]3(O)[C@@]4(O)C(C)C(=O)O[C@H]4[C@H](O)[C@]23C1(C1CC1)[C@@H](OCC(=O)O)C(=O)O. The Kier molecular flexibility index (Phi) is 5.77. The molecule has 2 aliphatic heterocycles. The van der Waals surface area contributed by atoms with Crippen LogP contribution in [0.1, 0.15) is 52.9 Å². The highest BCUT2D eigenvalue weighted by Crippen LogP contribution is 2.81. The van der Waals surface area contributed by atoms with Crippen molar-refractivity contribution in [3.8, 4) is 0 Å². The van der Waals surface area contributed by atoms with Gasteiger partial charge in [0.25, 0.3) is 0 Å². The number of esters is 2. The van der Waals surface area contributed by atoms with Crippen LogP contribution in [0.5, 0.6) is 0 Å². The van der Waals surface area contributed by atoms with Gasteiger partial charge in [0.15, 0.2) is 17.8 Å². The van der Waals surface area contributed by atoms with E-state index in [0.717, 1.165) is 6.42 Å². The number of aliphatic hydroxyl groups excluding tert-OH is 1. The number of aliphatic hydroxyl groups is 3. The van der Waals surface area contributed by atoms with Crippen LogP contribution >= 0.6 is 0 Å². The molecule has 0 aromatic carbocycles. The highest BCUT2D eigenvalue weighted by Gasteiger charge is 2.98. The highest BCUT2D eigenvalue weighted by molar-refractivity contribution is 5.92. The van der Waals surface area contributed by atoms with Crippen molar-refractivity contribution >= 4 is 23.9 Å². The van der Waals surface area contributed by atoms with Gasteiger partial charge in [0.2, 0.25) is 5.60 Å². The molecule has 0 radical (unpaired) electrons. The average molecular weight is 527 g/mol. The van der Waals surface area contributed by atoms with Crippen LogP contribution in [0.2, 0.25) is 0 Å². The number of rotatable bonds is 9. The fourth-order valence-electron chi connectivity index (χ4n) is 8.98. The van der Waals surface area contributed by atoms with Gasteiger partial charge in [0.1, 0.15) is 18.8 Å². The molecule has 11 atom stereocenters. The van der Waals surface area contributed by atoms with Crippen molar-refractivity contribution in [2.24, 2.45) is 34.5 Å². The highest BCUT2D eigenvalue weighted by atomic mass is 16.6. The molecule has 12 nitrogen and oxygen atoms in total. The number of carbonyl (C=O) groups is 4. The standard InChI is InChI=1S/C25H34O12/c1-4-5-10(2)13-8-14-23(22(13,12-6-7-12)18(19(29)30)35-9-15(26)27)16(28)17-24(33,11(3)20(31)37-17)25(23,34)21(32)36-14/h10-14,16-18,28,33-34H,4-9H2,1-3H3,(H,26,27)(H,29,30)/t10?,11?,13-,14?,16-,17-,18-,22?,23-,24+,25+/m0/s1. The predicted molar refractivity (Wildman–Crippen MR) is 120 cm³/mol. The molecule has 2 saturated heterocycles. The molecule has 5 fully saturated rings. The summed E-state index contributed by atoms with van der Waals surface area (Å²) in [6.07, 6.45) is -4.32. The molecule has 0 aromatic rings. The first-order valence-corrected chi connectivity index (χ1v) is 12.9. The molecule has 5 rings (SSSR count). The van der Waals surface area contributed by atoms with Gasteiger partial charge in [-0.15, -0.1) is 0 Å². The van der Waals surface area contributed by atoms with Crippen molar-refractivity contribution in [3.05, 3.63) is 0 Å². The Labute approximate surface area is 212 Å². The second kappa shape index (κ2) is 8.11. The number of carboxylic acids is 2. The van der Waals surface area contributed by atoms with Crippen LogP contribution in [0.25, 0.3) is 0 Å². The quantitative estimate of drug-likeness (QED) is 0.246. The smallest absolute Gasteiger partial charge is 0.342 e. The van der Waals surface area contributed by atoms with Gasteiger partial charge in [0.05, 0.1) is 11.3 Å². The number of carbonyl (C=O) groups excluding carboxylic acids is 2. The second-order valence-corrected chi connectivity index (χ2v) is 11.6. The Morgan fingerprint density at radius 3 is 2.35 bits per heavy atom. The number of carboxylic acid groups (broad SMARTS) is 2. The van der Waals surface area contributed by atoms with Crippen molar-refractivity contribution in [1.29, 1.82) is 0 Å². The van der Waals surface area contributed by atoms with Gasteiger partial charge in [-0.2, -0.15) is 0 Å². The Bertz CT molecular complexity index is 1040. The van der Waals surface area contributed by atoms with Gasteiger partial charge in [-0.25, -0.2) is 14.4 Å². The molecule has 3 aliphatic carbocycles. The predicted octanol–water partition coefficient (Wildman–Crippen LogP) is -0.297. The summed E-state index contributed by atoms with van der Waals surface area (Å²) in [7, 11) is 0. The molecule has 0 amide bonds. The lowest BCUT2D eigenvalue weighted by Crippen LogP contribution is -2.72. The van der Waals surface area contributed by atoms with E-state index in [-0.39, 0.29) is 12.3 Å². The Morgan fingerprint density at radius 2 is 1.81 bits per heavy atom. The van der Waals surface area contributed by atoms with Gasteiger partial charge in [-0.05, 0) is 43.9 Å². The summed E-state index contributed by atoms with van der Waals surface area (Å²) in [6, 6.07) is 0. The number of ether oxygens (including phenoxy) is 3. The maximum atomic E-state index is 13.5. The largest absolute Gasteiger partial charge is 0.480 e. The van der Waals surface area contributed by atoms with Gasteiger partial charge < -0.3 is 39.7 Å². The first-order valence-electron chi connectivity index (χ1n) is 12.9. The molecule has 0 aromatic heterocycles. The minimum Gasteiger partial charge on any atom is -0.480 e. The van der Waals surface area contributed by atoms with Crippen LogP contribution in [-0.2, 0) is 33.4 Å². The minimum atomic E-state index is -2.91. The van der Waals surface area contributed by atoms with Crippen molar-refractivity contribution < 1.29 is 58.9 Å². The zero-order chi connectivity index (χ0) is 27.3. The number of hydrogen-bond donors (Lipinski definition) is 5. The first-order chi connectivity index (χ1) is 17.3. The van der Waals surface area contributed by atoms with Crippen molar-refractivity contribution in [1.82, 2.24) is 0 Å². The molecule has 3 saturated carbocycles. The van der Waals surface area contributed by atoms with E-state index in [1.165, 1.54) is 6.92 Å². The first kappa shape index (κ1) is 26.3. The maximum absolute atomic E-state index is 13.5. The summed E-state index contributed by atoms with van der Waals surface area (Å²) in [5.41, 5.74) is -9.38. The molecule has 37 heavy (non-hydrogen) atoms. The average Bonchev–Trinajstić information content (AvgIpc) is 3.52. The van der Waals surface area contributed by atoms with E-state index < -0.39 is 94.7 Å². The van der Waals surface area contributed by atoms with E-state index in [9.17, 15) is 44.7 Å². The summed E-state index contributed by atoms with van der Waals surface area (Å²) >= 11 is 0. The molecular formula is C25H34O12. The third-order valence-electron chi connectivity index (χ3n) is 10.2. The van der Waals surface area contributed by atoms with Gasteiger partial charge in [-0.1, -0.05) is 26.7 Å². The summed E-state index contributed by atoms with van der Waals surface area (Å²) < 4.78 is 16.6. The molecule has 5 N–H and O–H groups in total. The van der Waals surface area contributed by atoms with Crippen LogP contribution in [0.4, 0.5) is 0 Å². The van der Waals surface area contributed by atoms with E-state index in [2.05, 4.69) is 0 Å².